The zero-order valence-electron chi connectivity index (χ0n) is 9.98. The third-order valence-electron chi connectivity index (χ3n) is 3.63. The van der Waals surface area contributed by atoms with E-state index in [0.29, 0.717) is 17.0 Å². The molecule has 94 valence electrons. The first-order valence-electron chi connectivity index (χ1n) is 6.17. The van der Waals surface area contributed by atoms with Crippen LogP contribution < -0.4 is 0 Å². The second-order valence-corrected chi connectivity index (χ2v) is 5.50. The SMILES string of the molecule is Cc1cc(F)c(C(Cl)CC2CCCC2)cc1F. The van der Waals surface area contributed by atoms with E-state index in [1.807, 2.05) is 0 Å². The normalized spacial score (nSPS) is 18.6. The van der Waals surface area contributed by atoms with Crippen LogP contribution in [-0.4, -0.2) is 0 Å². The fourth-order valence-electron chi connectivity index (χ4n) is 2.57. The second-order valence-electron chi connectivity index (χ2n) is 4.98. The smallest absolute Gasteiger partial charge is 0.128 e. The number of halogens is 3. The van der Waals surface area contributed by atoms with Gasteiger partial charge in [-0.1, -0.05) is 25.7 Å². The Morgan fingerprint density at radius 1 is 1.24 bits per heavy atom. The predicted octanol–water partition coefficient (Wildman–Crippen LogP) is 5.13. The molecule has 0 spiro atoms. The maximum absolute atomic E-state index is 13.7. The molecule has 0 N–H and O–H groups in total. The minimum absolute atomic E-state index is 0.307. The molecular weight excluding hydrogens is 242 g/mol. The van der Waals surface area contributed by atoms with Gasteiger partial charge in [0.2, 0.25) is 0 Å². The van der Waals surface area contributed by atoms with Crippen molar-refractivity contribution in [1.82, 2.24) is 0 Å². The fraction of sp³-hybridized carbons (Fsp3) is 0.571. The summed E-state index contributed by atoms with van der Waals surface area (Å²) >= 11 is 6.21. The van der Waals surface area contributed by atoms with Gasteiger partial charge in [-0.15, -0.1) is 11.6 Å². The van der Waals surface area contributed by atoms with Crippen molar-refractivity contribution in [3.05, 3.63) is 34.9 Å². The summed E-state index contributed by atoms with van der Waals surface area (Å²) in [6.45, 7) is 1.56. The third kappa shape index (κ3) is 2.98. The zero-order chi connectivity index (χ0) is 12.4. The van der Waals surface area contributed by atoms with Crippen molar-refractivity contribution in [1.29, 1.82) is 0 Å². The monoisotopic (exact) mass is 258 g/mol. The van der Waals surface area contributed by atoms with E-state index in [0.717, 1.165) is 6.42 Å². The van der Waals surface area contributed by atoms with Crippen molar-refractivity contribution in [2.75, 3.05) is 0 Å². The Morgan fingerprint density at radius 3 is 2.53 bits per heavy atom. The quantitative estimate of drug-likeness (QED) is 0.659. The second kappa shape index (κ2) is 5.34. The topological polar surface area (TPSA) is 0 Å². The molecule has 0 saturated heterocycles. The number of alkyl halides is 1. The molecule has 1 aliphatic carbocycles. The number of aryl methyl sites for hydroxylation is 1. The molecule has 0 amide bonds. The molecule has 0 nitrogen and oxygen atoms in total. The maximum Gasteiger partial charge on any atom is 0.128 e. The molecule has 1 unspecified atom stereocenters. The molecular formula is C14H17ClF2. The van der Waals surface area contributed by atoms with Crippen LogP contribution in [0.2, 0.25) is 0 Å². The van der Waals surface area contributed by atoms with Crippen molar-refractivity contribution < 1.29 is 8.78 Å². The summed E-state index contributed by atoms with van der Waals surface area (Å²) in [7, 11) is 0. The lowest BCUT2D eigenvalue weighted by molar-refractivity contribution is 0.483. The first-order chi connectivity index (χ1) is 8.08. The van der Waals surface area contributed by atoms with Crippen molar-refractivity contribution in [2.24, 2.45) is 5.92 Å². The van der Waals surface area contributed by atoms with Gasteiger partial charge in [-0.05, 0) is 37.0 Å². The zero-order valence-corrected chi connectivity index (χ0v) is 10.7. The van der Waals surface area contributed by atoms with Crippen molar-refractivity contribution in [3.63, 3.8) is 0 Å². The van der Waals surface area contributed by atoms with E-state index in [1.54, 1.807) is 6.92 Å². The van der Waals surface area contributed by atoms with E-state index in [1.165, 1.54) is 37.8 Å². The van der Waals surface area contributed by atoms with Gasteiger partial charge in [0.1, 0.15) is 11.6 Å². The first-order valence-corrected chi connectivity index (χ1v) is 6.61. The average Bonchev–Trinajstić information content (AvgIpc) is 2.76. The molecule has 3 heteroatoms. The van der Waals surface area contributed by atoms with Gasteiger partial charge in [0, 0.05) is 5.56 Å². The van der Waals surface area contributed by atoms with Gasteiger partial charge in [-0.3, -0.25) is 0 Å². The average molecular weight is 259 g/mol. The van der Waals surface area contributed by atoms with Gasteiger partial charge in [0.15, 0.2) is 0 Å². The first kappa shape index (κ1) is 12.8. The van der Waals surface area contributed by atoms with E-state index in [4.69, 9.17) is 11.6 Å². The maximum atomic E-state index is 13.7. The lowest BCUT2D eigenvalue weighted by Crippen LogP contribution is -2.03. The fourth-order valence-corrected chi connectivity index (χ4v) is 2.99. The number of benzene rings is 1. The molecule has 2 rings (SSSR count). The molecule has 1 aromatic carbocycles. The lowest BCUT2D eigenvalue weighted by atomic mass is 9.97. The molecule has 0 aliphatic heterocycles. The summed E-state index contributed by atoms with van der Waals surface area (Å²) in [5.74, 6) is -0.193. The van der Waals surface area contributed by atoms with E-state index in [-0.39, 0.29) is 11.6 Å². The minimum atomic E-state index is -0.409. The Morgan fingerprint density at radius 2 is 1.88 bits per heavy atom. The van der Waals surface area contributed by atoms with E-state index in [2.05, 4.69) is 0 Å². The summed E-state index contributed by atoms with van der Waals surface area (Å²) in [4.78, 5) is 0. The summed E-state index contributed by atoms with van der Waals surface area (Å²) < 4.78 is 27.1. The molecule has 1 aliphatic rings. The standard InChI is InChI=1S/C14H17ClF2/c1-9-6-14(17)11(8-13(9)16)12(15)7-10-4-2-3-5-10/h6,8,10,12H,2-5,7H2,1H3. The van der Waals surface area contributed by atoms with Crippen LogP contribution in [0, 0.1) is 24.5 Å². The highest BCUT2D eigenvalue weighted by molar-refractivity contribution is 6.20. The Balaban J connectivity index is 2.12. The van der Waals surface area contributed by atoms with E-state index >= 15 is 0 Å². The number of rotatable bonds is 3. The molecule has 1 fully saturated rings. The van der Waals surface area contributed by atoms with Crippen LogP contribution in [0.25, 0.3) is 0 Å². The van der Waals surface area contributed by atoms with Crippen LogP contribution in [0.15, 0.2) is 12.1 Å². The Labute approximate surface area is 106 Å². The predicted molar refractivity (Wildman–Crippen MR) is 66.3 cm³/mol. The van der Waals surface area contributed by atoms with Crippen molar-refractivity contribution >= 4 is 11.6 Å². The van der Waals surface area contributed by atoms with Crippen LogP contribution in [-0.2, 0) is 0 Å². The summed E-state index contributed by atoms with van der Waals surface area (Å²) in [5.41, 5.74) is 0.637. The minimum Gasteiger partial charge on any atom is -0.207 e. The summed E-state index contributed by atoms with van der Waals surface area (Å²) in [5, 5.41) is -0.409. The Bertz CT molecular complexity index is 397. The molecule has 1 saturated carbocycles. The summed E-state index contributed by atoms with van der Waals surface area (Å²) in [6, 6.07) is 2.48. The Kier molecular flexibility index (Phi) is 4.03. The van der Waals surface area contributed by atoms with E-state index < -0.39 is 5.38 Å². The van der Waals surface area contributed by atoms with Gasteiger partial charge in [0.25, 0.3) is 0 Å². The largest absolute Gasteiger partial charge is 0.207 e. The van der Waals surface area contributed by atoms with Crippen LogP contribution in [0.3, 0.4) is 0 Å². The highest BCUT2D eigenvalue weighted by Crippen LogP contribution is 2.37. The van der Waals surface area contributed by atoms with Gasteiger partial charge in [-0.2, -0.15) is 0 Å². The van der Waals surface area contributed by atoms with Crippen molar-refractivity contribution in [3.8, 4) is 0 Å². The van der Waals surface area contributed by atoms with Crippen molar-refractivity contribution in [2.45, 2.75) is 44.4 Å². The van der Waals surface area contributed by atoms with Crippen LogP contribution in [0.1, 0.15) is 48.6 Å². The molecule has 0 aromatic heterocycles. The molecule has 1 atom stereocenters. The molecule has 0 heterocycles. The number of hydrogen-bond acceptors (Lipinski definition) is 0. The van der Waals surface area contributed by atoms with Gasteiger partial charge in [0.05, 0.1) is 5.38 Å². The Hall–Kier alpha value is -0.630. The van der Waals surface area contributed by atoms with Gasteiger partial charge >= 0.3 is 0 Å². The molecule has 0 bridgehead atoms. The third-order valence-corrected chi connectivity index (χ3v) is 4.04. The molecule has 1 aromatic rings. The van der Waals surface area contributed by atoms with Crippen LogP contribution >= 0.6 is 11.6 Å². The van der Waals surface area contributed by atoms with Gasteiger partial charge in [-0.25, -0.2) is 8.78 Å². The molecule has 0 radical (unpaired) electrons. The summed E-state index contributed by atoms with van der Waals surface area (Å²) in [6.07, 6.45) is 5.55. The van der Waals surface area contributed by atoms with E-state index in [9.17, 15) is 8.78 Å². The van der Waals surface area contributed by atoms with Crippen LogP contribution in [0.4, 0.5) is 8.78 Å². The van der Waals surface area contributed by atoms with Gasteiger partial charge < -0.3 is 0 Å². The number of hydrogen-bond donors (Lipinski definition) is 0. The highest BCUT2D eigenvalue weighted by Gasteiger charge is 2.22. The lowest BCUT2D eigenvalue weighted by Gasteiger charge is -2.16. The highest BCUT2D eigenvalue weighted by atomic mass is 35.5. The molecule has 17 heavy (non-hydrogen) atoms. The van der Waals surface area contributed by atoms with Crippen LogP contribution in [0.5, 0.6) is 0 Å².